The molecular weight excluding hydrogens is 268 g/mol. The number of aryl methyl sites for hydroxylation is 1. The molecule has 0 bridgehead atoms. The second kappa shape index (κ2) is 6.02. The Morgan fingerprint density at radius 1 is 1.52 bits per heavy atom. The first kappa shape index (κ1) is 15.8. The number of carbonyl (C=O) groups is 2. The first-order valence-corrected chi connectivity index (χ1v) is 7.47. The molecular formula is C16H24N2O3. The number of Topliss-reactive ketones (excluding diaryl/α,β-unsaturated/α-hetero) is 1. The fourth-order valence-electron chi connectivity index (χ4n) is 3.24. The molecule has 1 fully saturated rings. The van der Waals surface area contributed by atoms with Gasteiger partial charge in [0.05, 0.1) is 12.1 Å². The number of nitrogens with zero attached hydrogens (tertiary/aromatic N) is 1. The van der Waals surface area contributed by atoms with Gasteiger partial charge in [-0.15, -0.1) is 0 Å². The quantitative estimate of drug-likeness (QED) is 0.833. The lowest BCUT2D eigenvalue weighted by Gasteiger charge is -2.39. The number of aromatic nitrogens is 1. The van der Waals surface area contributed by atoms with E-state index >= 15 is 0 Å². The number of aliphatic hydroxyl groups excluding tert-OH is 1. The van der Waals surface area contributed by atoms with E-state index < -0.39 is 5.54 Å². The number of rotatable bonds is 4. The zero-order valence-corrected chi connectivity index (χ0v) is 13.0. The van der Waals surface area contributed by atoms with Crippen LogP contribution in [0, 0.1) is 5.92 Å². The van der Waals surface area contributed by atoms with Crippen molar-refractivity contribution >= 4 is 11.7 Å². The summed E-state index contributed by atoms with van der Waals surface area (Å²) in [4.78, 5) is 23.9. The highest BCUT2D eigenvalue weighted by Gasteiger charge is 2.36. The van der Waals surface area contributed by atoms with E-state index in [2.05, 4.69) is 12.2 Å². The van der Waals surface area contributed by atoms with Crippen LogP contribution in [0.2, 0.25) is 0 Å². The summed E-state index contributed by atoms with van der Waals surface area (Å²) in [7, 11) is 1.75. The number of nitrogens with one attached hydrogen (secondary N) is 1. The van der Waals surface area contributed by atoms with Crippen LogP contribution in [0.3, 0.4) is 0 Å². The summed E-state index contributed by atoms with van der Waals surface area (Å²) in [5.74, 6) is 0.202. The number of aliphatic hydroxyl groups is 1. The number of carbonyl (C=O) groups excluding carboxylic acids is 2. The van der Waals surface area contributed by atoms with Crippen LogP contribution < -0.4 is 5.32 Å². The third-order valence-corrected chi connectivity index (χ3v) is 4.42. The van der Waals surface area contributed by atoms with Gasteiger partial charge in [-0.05, 0) is 31.7 Å². The molecule has 1 aliphatic carbocycles. The zero-order chi connectivity index (χ0) is 15.6. The standard InChI is InChI=1S/C16H24N2O3/c1-11-5-4-6-16(8-11,10-19)17-15(21)14-7-13(12(2)20)9-18(14)3/h7,9,11,19H,4-6,8,10H2,1-3H3,(H,17,21). The van der Waals surface area contributed by atoms with E-state index in [1.807, 2.05) is 0 Å². The van der Waals surface area contributed by atoms with E-state index in [0.29, 0.717) is 17.2 Å². The van der Waals surface area contributed by atoms with E-state index in [1.54, 1.807) is 23.9 Å². The minimum Gasteiger partial charge on any atom is -0.394 e. The smallest absolute Gasteiger partial charge is 0.268 e. The first-order chi connectivity index (χ1) is 9.87. The van der Waals surface area contributed by atoms with Gasteiger partial charge in [0.2, 0.25) is 0 Å². The summed E-state index contributed by atoms with van der Waals surface area (Å²) in [6.07, 6.45) is 5.39. The molecule has 1 aliphatic rings. The Balaban J connectivity index is 2.18. The maximum absolute atomic E-state index is 12.5. The molecule has 0 aromatic carbocycles. The van der Waals surface area contributed by atoms with Crippen LogP contribution in [-0.4, -0.2) is 33.5 Å². The summed E-state index contributed by atoms with van der Waals surface area (Å²) in [5.41, 5.74) is 0.444. The SMILES string of the molecule is CC(=O)c1cc(C(=O)NC2(CO)CCCC(C)C2)n(C)c1. The Labute approximate surface area is 125 Å². The van der Waals surface area contributed by atoms with Crippen molar-refractivity contribution in [1.82, 2.24) is 9.88 Å². The lowest BCUT2D eigenvalue weighted by atomic mass is 9.77. The fourth-order valence-corrected chi connectivity index (χ4v) is 3.24. The van der Waals surface area contributed by atoms with E-state index in [9.17, 15) is 14.7 Å². The number of hydrogen-bond donors (Lipinski definition) is 2. The topological polar surface area (TPSA) is 71.3 Å². The van der Waals surface area contributed by atoms with Crippen molar-refractivity contribution in [3.63, 3.8) is 0 Å². The van der Waals surface area contributed by atoms with Crippen molar-refractivity contribution in [1.29, 1.82) is 0 Å². The maximum Gasteiger partial charge on any atom is 0.268 e. The van der Waals surface area contributed by atoms with Crippen LogP contribution in [0.1, 0.15) is 60.4 Å². The van der Waals surface area contributed by atoms with Gasteiger partial charge >= 0.3 is 0 Å². The fraction of sp³-hybridized carbons (Fsp3) is 0.625. The van der Waals surface area contributed by atoms with Gasteiger partial charge in [0.15, 0.2) is 5.78 Å². The summed E-state index contributed by atoms with van der Waals surface area (Å²) < 4.78 is 1.66. The summed E-state index contributed by atoms with van der Waals surface area (Å²) >= 11 is 0. The van der Waals surface area contributed by atoms with Gasteiger partial charge in [0, 0.05) is 18.8 Å². The van der Waals surface area contributed by atoms with Gasteiger partial charge < -0.3 is 15.0 Å². The second-order valence-corrected chi connectivity index (χ2v) is 6.38. The second-order valence-electron chi connectivity index (χ2n) is 6.38. The lowest BCUT2D eigenvalue weighted by molar-refractivity contribution is 0.0690. The highest BCUT2D eigenvalue weighted by Crippen LogP contribution is 2.32. The number of ketones is 1. The van der Waals surface area contributed by atoms with Crippen molar-refractivity contribution in [2.24, 2.45) is 13.0 Å². The minimum atomic E-state index is -0.532. The minimum absolute atomic E-state index is 0.0485. The molecule has 1 amide bonds. The van der Waals surface area contributed by atoms with Crippen LogP contribution in [0.25, 0.3) is 0 Å². The van der Waals surface area contributed by atoms with Gasteiger partial charge in [-0.25, -0.2) is 0 Å². The van der Waals surface area contributed by atoms with Crippen molar-refractivity contribution in [2.75, 3.05) is 6.61 Å². The Morgan fingerprint density at radius 3 is 2.76 bits per heavy atom. The first-order valence-electron chi connectivity index (χ1n) is 7.47. The van der Waals surface area contributed by atoms with Crippen LogP contribution in [0.5, 0.6) is 0 Å². The summed E-state index contributed by atoms with van der Waals surface area (Å²) in [6.45, 7) is 3.58. The third-order valence-electron chi connectivity index (χ3n) is 4.42. The molecule has 2 unspecified atom stereocenters. The van der Waals surface area contributed by atoms with E-state index in [4.69, 9.17) is 0 Å². The molecule has 1 heterocycles. The van der Waals surface area contributed by atoms with Crippen molar-refractivity contribution in [3.8, 4) is 0 Å². The molecule has 5 nitrogen and oxygen atoms in total. The normalized spacial score (nSPS) is 25.6. The van der Waals surface area contributed by atoms with Crippen LogP contribution in [-0.2, 0) is 7.05 Å². The Morgan fingerprint density at radius 2 is 2.24 bits per heavy atom. The van der Waals surface area contributed by atoms with Gasteiger partial charge in [-0.3, -0.25) is 9.59 Å². The van der Waals surface area contributed by atoms with Crippen molar-refractivity contribution in [2.45, 2.75) is 45.1 Å². The highest BCUT2D eigenvalue weighted by molar-refractivity contribution is 5.99. The molecule has 1 aromatic rings. The van der Waals surface area contributed by atoms with Crippen molar-refractivity contribution < 1.29 is 14.7 Å². The highest BCUT2D eigenvalue weighted by atomic mass is 16.3. The summed E-state index contributed by atoms with van der Waals surface area (Å²) in [5, 5.41) is 12.7. The van der Waals surface area contributed by atoms with E-state index in [0.717, 1.165) is 25.7 Å². The number of hydrogen-bond acceptors (Lipinski definition) is 3. The largest absolute Gasteiger partial charge is 0.394 e. The van der Waals surface area contributed by atoms with Crippen LogP contribution in [0.15, 0.2) is 12.3 Å². The Hall–Kier alpha value is -1.62. The molecule has 0 spiro atoms. The molecule has 2 rings (SSSR count). The van der Waals surface area contributed by atoms with E-state index in [1.165, 1.54) is 6.92 Å². The molecule has 0 radical (unpaired) electrons. The van der Waals surface area contributed by atoms with Gasteiger partial charge in [-0.2, -0.15) is 0 Å². The lowest BCUT2D eigenvalue weighted by Crippen LogP contribution is -2.54. The third kappa shape index (κ3) is 3.35. The predicted octanol–water partition coefficient (Wildman–Crippen LogP) is 1.90. The molecule has 5 heteroatoms. The predicted molar refractivity (Wildman–Crippen MR) is 80.3 cm³/mol. The molecule has 0 aliphatic heterocycles. The Kier molecular flexibility index (Phi) is 4.52. The zero-order valence-electron chi connectivity index (χ0n) is 13.0. The molecule has 2 atom stereocenters. The molecule has 2 N–H and O–H groups in total. The van der Waals surface area contributed by atoms with Gasteiger partial charge in [-0.1, -0.05) is 19.8 Å². The molecule has 21 heavy (non-hydrogen) atoms. The molecule has 1 saturated carbocycles. The van der Waals surface area contributed by atoms with Crippen LogP contribution >= 0.6 is 0 Å². The number of amides is 1. The average molecular weight is 292 g/mol. The van der Waals surface area contributed by atoms with Gasteiger partial charge in [0.1, 0.15) is 5.69 Å². The summed E-state index contributed by atoms with van der Waals surface area (Å²) in [6, 6.07) is 1.61. The Bertz CT molecular complexity index is 550. The van der Waals surface area contributed by atoms with E-state index in [-0.39, 0.29) is 18.3 Å². The molecule has 0 saturated heterocycles. The van der Waals surface area contributed by atoms with Crippen LogP contribution in [0.4, 0.5) is 0 Å². The maximum atomic E-state index is 12.5. The monoisotopic (exact) mass is 292 g/mol. The molecule has 116 valence electrons. The molecule has 1 aromatic heterocycles. The van der Waals surface area contributed by atoms with Gasteiger partial charge in [0.25, 0.3) is 5.91 Å². The average Bonchev–Trinajstić information content (AvgIpc) is 2.81. The van der Waals surface area contributed by atoms with Crippen molar-refractivity contribution in [3.05, 3.63) is 23.5 Å².